The maximum absolute atomic E-state index is 15.2. The molecule has 0 N–H and O–H groups in total. The van der Waals surface area contributed by atoms with Crippen LogP contribution in [0.5, 0.6) is 0 Å². The van der Waals surface area contributed by atoms with Gasteiger partial charge in [-0.2, -0.15) is 5.10 Å². The summed E-state index contributed by atoms with van der Waals surface area (Å²) in [5.74, 6) is 0.539. The van der Waals surface area contributed by atoms with Crippen LogP contribution in [0, 0.1) is 11.7 Å². The van der Waals surface area contributed by atoms with E-state index in [0.29, 0.717) is 12.0 Å². The summed E-state index contributed by atoms with van der Waals surface area (Å²) in [7, 11) is 1.85. The first-order valence-electron chi connectivity index (χ1n) is 12.7. The Balaban J connectivity index is 1.22. The van der Waals surface area contributed by atoms with E-state index in [4.69, 9.17) is 0 Å². The lowest BCUT2D eigenvalue weighted by Crippen LogP contribution is -2.63. The molecule has 2 aromatic carbocycles. The van der Waals surface area contributed by atoms with Gasteiger partial charge in [0, 0.05) is 44.4 Å². The summed E-state index contributed by atoms with van der Waals surface area (Å²) in [6.45, 7) is 2.75. The molecule has 1 atom stereocenters. The van der Waals surface area contributed by atoms with Crippen molar-refractivity contribution in [2.24, 2.45) is 13.0 Å². The molecule has 1 saturated carbocycles. The molecule has 2 aliphatic carbocycles. The van der Waals surface area contributed by atoms with E-state index in [0.717, 1.165) is 42.2 Å². The van der Waals surface area contributed by atoms with Crippen molar-refractivity contribution in [3.05, 3.63) is 77.4 Å². The summed E-state index contributed by atoms with van der Waals surface area (Å²) >= 11 is 0. The average Bonchev–Trinajstić information content (AvgIpc) is 3.36. The summed E-state index contributed by atoms with van der Waals surface area (Å²) in [6.07, 6.45) is 10.7. The fourth-order valence-electron chi connectivity index (χ4n) is 6.64. The van der Waals surface area contributed by atoms with Crippen LogP contribution >= 0.6 is 0 Å². The normalized spacial score (nSPS) is 22.2. The molecule has 5 heteroatoms. The smallest absolute Gasteiger partial charge is 0.153 e. The lowest BCUT2D eigenvalue weighted by atomic mass is 9.72. The standard InChI is InChI=1S/C29H32FN3O/c1-32-17-23(15-31-32)21-11-12-22(27(30)14-21)13-25-24-9-5-6-10-26(24)29(28(25)34)18-33(19-29)16-20-7-3-2-4-8-20/h5-6,9-12,14-15,17,20,25H,2-4,7-8,13,16,18-19H2,1H3. The van der Waals surface area contributed by atoms with Gasteiger partial charge in [0.1, 0.15) is 5.82 Å². The van der Waals surface area contributed by atoms with Gasteiger partial charge in [0.15, 0.2) is 5.78 Å². The van der Waals surface area contributed by atoms with Gasteiger partial charge in [0.25, 0.3) is 0 Å². The number of ketones is 1. The highest BCUT2D eigenvalue weighted by Gasteiger charge is 2.57. The highest BCUT2D eigenvalue weighted by Crippen LogP contribution is 2.50. The Hall–Kier alpha value is -2.79. The molecule has 6 rings (SSSR count). The van der Waals surface area contributed by atoms with Crippen LogP contribution in [0.1, 0.15) is 54.7 Å². The van der Waals surface area contributed by atoms with Gasteiger partial charge >= 0.3 is 0 Å². The number of aromatic nitrogens is 2. The number of hydrogen-bond acceptors (Lipinski definition) is 3. The Kier molecular flexibility index (Phi) is 5.40. The molecule has 3 aromatic rings. The summed E-state index contributed by atoms with van der Waals surface area (Å²) < 4.78 is 16.9. The third-order valence-corrected chi connectivity index (χ3v) is 8.38. The first-order valence-corrected chi connectivity index (χ1v) is 12.7. The average molecular weight is 458 g/mol. The van der Waals surface area contributed by atoms with Crippen molar-refractivity contribution in [2.75, 3.05) is 19.6 Å². The van der Waals surface area contributed by atoms with Crippen molar-refractivity contribution in [2.45, 2.75) is 49.9 Å². The summed E-state index contributed by atoms with van der Waals surface area (Å²) in [5.41, 5.74) is 4.18. The highest BCUT2D eigenvalue weighted by molar-refractivity contribution is 6.02. The molecule has 34 heavy (non-hydrogen) atoms. The molecular formula is C29H32FN3O. The van der Waals surface area contributed by atoms with E-state index in [2.05, 4.69) is 22.1 Å². The number of fused-ring (bicyclic) bond motifs is 2. The van der Waals surface area contributed by atoms with Crippen LogP contribution in [-0.4, -0.2) is 40.1 Å². The van der Waals surface area contributed by atoms with E-state index >= 15 is 4.39 Å². The molecule has 2 fully saturated rings. The Morgan fingerprint density at radius 1 is 1.06 bits per heavy atom. The van der Waals surface area contributed by atoms with E-state index in [9.17, 15) is 4.79 Å². The SMILES string of the molecule is Cn1cc(-c2ccc(CC3C(=O)C4(CN(CC5CCCCC5)C4)c4ccccc43)c(F)c2)cn1. The maximum atomic E-state index is 15.2. The van der Waals surface area contributed by atoms with Crippen molar-refractivity contribution in [3.8, 4) is 11.1 Å². The lowest BCUT2D eigenvalue weighted by molar-refractivity contribution is -0.131. The Labute approximate surface area is 200 Å². The van der Waals surface area contributed by atoms with E-state index in [1.165, 1.54) is 37.7 Å². The Bertz CT molecular complexity index is 1220. The number of nitrogens with zero attached hydrogens (tertiary/aromatic N) is 3. The third kappa shape index (κ3) is 3.61. The maximum Gasteiger partial charge on any atom is 0.153 e. The second-order valence-electron chi connectivity index (χ2n) is 10.7. The third-order valence-electron chi connectivity index (χ3n) is 8.38. The van der Waals surface area contributed by atoms with E-state index in [-0.39, 0.29) is 17.5 Å². The number of carbonyl (C=O) groups is 1. The minimum atomic E-state index is -0.401. The fourth-order valence-corrected chi connectivity index (χ4v) is 6.64. The number of carbonyl (C=O) groups excluding carboxylic acids is 1. The minimum Gasteiger partial charge on any atom is -0.300 e. The van der Waals surface area contributed by atoms with Crippen molar-refractivity contribution >= 4 is 5.78 Å². The first-order chi connectivity index (χ1) is 16.5. The van der Waals surface area contributed by atoms with Gasteiger partial charge in [-0.25, -0.2) is 4.39 Å². The molecule has 0 radical (unpaired) electrons. The molecule has 4 nitrogen and oxygen atoms in total. The van der Waals surface area contributed by atoms with Crippen molar-refractivity contribution in [1.29, 1.82) is 0 Å². The van der Waals surface area contributed by atoms with Gasteiger partial charge < -0.3 is 4.90 Å². The monoisotopic (exact) mass is 457 g/mol. The van der Waals surface area contributed by atoms with Gasteiger partial charge in [0.2, 0.25) is 0 Å². The van der Waals surface area contributed by atoms with Crippen LogP contribution in [0.15, 0.2) is 54.9 Å². The molecule has 1 unspecified atom stereocenters. The quantitative estimate of drug-likeness (QED) is 0.524. The zero-order valence-corrected chi connectivity index (χ0v) is 19.8. The molecule has 2 heterocycles. The van der Waals surface area contributed by atoms with Crippen LogP contribution in [-0.2, 0) is 23.7 Å². The van der Waals surface area contributed by atoms with Crippen molar-refractivity contribution in [3.63, 3.8) is 0 Å². The number of likely N-dealkylation sites (tertiary alicyclic amines) is 1. The van der Waals surface area contributed by atoms with E-state index in [1.807, 2.05) is 37.5 Å². The highest BCUT2D eigenvalue weighted by atomic mass is 19.1. The minimum absolute atomic E-state index is 0.250. The number of rotatable bonds is 5. The first kappa shape index (κ1) is 21.7. The van der Waals surface area contributed by atoms with Crippen LogP contribution < -0.4 is 0 Å². The molecule has 3 aliphatic rings. The topological polar surface area (TPSA) is 38.1 Å². The van der Waals surface area contributed by atoms with Gasteiger partial charge in [-0.3, -0.25) is 9.48 Å². The van der Waals surface area contributed by atoms with Gasteiger partial charge in [0.05, 0.1) is 11.6 Å². The molecule has 1 aromatic heterocycles. The predicted molar refractivity (Wildman–Crippen MR) is 131 cm³/mol. The van der Waals surface area contributed by atoms with Crippen LogP contribution in [0.4, 0.5) is 4.39 Å². The van der Waals surface area contributed by atoms with Crippen molar-refractivity contribution < 1.29 is 9.18 Å². The molecule has 0 bridgehead atoms. The Morgan fingerprint density at radius 2 is 1.85 bits per heavy atom. The second kappa shape index (κ2) is 8.46. The van der Waals surface area contributed by atoms with E-state index < -0.39 is 5.41 Å². The second-order valence-corrected chi connectivity index (χ2v) is 10.7. The molecule has 1 aliphatic heterocycles. The molecule has 176 valence electrons. The number of aryl methyl sites for hydroxylation is 1. The number of benzene rings is 2. The number of Topliss-reactive ketones (excluding diaryl/α,β-unsaturated/α-hetero) is 1. The summed E-state index contributed by atoms with van der Waals surface area (Å²) in [6, 6.07) is 13.6. The zero-order valence-electron chi connectivity index (χ0n) is 19.8. The van der Waals surface area contributed by atoms with Crippen LogP contribution in [0.25, 0.3) is 11.1 Å². The van der Waals surface area contributed by atoms with Gasteiger partial charge in [-0.15, -0.1) is 0 Å². The Morgan fingerprint density at radius 3 is 2.59 bits per heavy atom. The zero-order chi connectivity index (χ0) is 23.3. The molecular weight excluding hydrogens is 425 g/mol. The molecule has 1 spiro atoms. The van der Waals surface area contributed by atoms with Gasteiger partial charge in [-0.1, -0.05) is 55.7 Å². The number of hydrogen-bond donors (Lipinski definition) is 0. The summed E-state index contributed by atoms with van der Waals surface area (Å²) in [4.78, 5) is 16.3. The van der Waals surface area contributed by atoms with E-state index in [1.54, 1.807) is 16.9 Å². The van der Waals surface area contributed by atoms with Crippen LogP contribution in [0.2, 0.25) is 0 Å². The predicted octanol–water partition coefficient (Wildman–Crippen LogP) is 5.27. The van der Waals surface area contributed by atoms with Gasteiger partial charge in [-0.05, 0) is 53.5 Å². The van der Waals surface area contributed by atoms with Crippen molar-refractivity contribution in [1.82, 2.24) is 14.7 Å². The number of halogens is 1. The van der Waals surface area contributed by atoms with Crippen LogP contribution in [0.3, 0.4) is 0 Å². The lowest BCUT2D eigenvalue weighted by Gasteiger charge is -2.49. The molecule has 1 saturated heterocycles. The summed E-state index contributed by atoms with van der Waals surface area (Å²) in [5, 5.41) is 4.18. The fraction of sp³-hybridized carbons (Fsp3) is 0.448. The largest absolute Gasteiger partial charge is 0.300 e. The molecule has 0 amide bonds.